The van der Waals surface area contributed by atoms with Gasteiger partial charge in [-0.05, 0) is 45.3 Å². The van der Waals surface area contributed by atoms with Crippen molar-refractivity contribution in [2.45, 2.75) is 36.8 Å². The number of rotatable bonds is 4. The third kappa shape index (κ3) is 3.71. The number of aromatic nitrogens is 2. The van der Waals surface area contributed by atoms with E-state index in [1.54, 1.807) is 12.4 Å². The Morgan fingerprint density at radius 1 is 0.969 bits per heavy atom. The number of amides is 2. The molecule has 0 atom stereocenters. The largest absolute Gasteiger partial charge is 0.338 e. The second kappa shape index (κ2) is 8.33. The predicted molar refractivity (Wildman–Crippen MR) is 126 cm³/mol. The summed E-state index contributed by atoms with van der Waals surface area (Å²) >= 11 is 0. The first-order chi connectivity index (χ1) is 15.5. The molecule has 1 aromatic carbocycles. The zero-order chi connectivity index (χ0) is 22.2. The van der Waals surface area contributed by atoms with Gasteiger partial charge in [0.15, 0.2) is 0 Å². The van der Waals surface area contributed by atoms with E-state index in [1.165, 1.54) is 5.56 Å². The average Bonchev–Trinajstić information content (AvgIpc) is 3.16. The smallest absolute Gasteiger partial charge is 0.322 e. The lowest BCUT2D eigenvalue weighted by atomic mass is 9.69. The van der Waals surface area contributed by atoms with Gasteiger partial charge in [0.2, 0.25) is 5.95 Å². The average molecular weight is 436 g/mol. The van der Waals surface area contributed by atoms with Crippen LogP contribution in [0.15, 0.2) is 42.7 Å². The molecule has 1 spiro atoms. The van der Waals surface area contributed by atoms with E-state index < -0.39 is 0 Å². The van der Waals surface area contributed by atoms with Gasteiger partial charge in [-0.2, -0.15) is 0 Å². The SMILES string of the molecule is CN(C)[C@]1(c2ccccc2)CC[C@]2(CC1)CN(c1cnc(N3CCNCC3)nc1)C(=O)N2. The molecular weight excluding hydrogens is 402 g/mol. The summed E-state index contributed by atoms with van der Waals surface area (Å²) < 4.78 is 0. The fraction of sp³-hybridized carbons (Fsp3) is 0.542. The highest BCUT2D eigenvalue weighted by atomic mass is 16.2. The molecule has 8 nitrogen and oxygen atoms in total. The van der Waals surface area contributed by atoms with Gasteiger partial charge in [-0.15, -0.1) is 0 Å². The van der Waals surface area contributed by atoms with E-state index >= 15 is 0 Å². The number of anilines is 2. The molecule has 0 radical (unpaired) electrons. The molecule has 1 saturated carbocycles. The molecule has 3 fully saturated rings. The Labute approximate surface area is 190 Å². The van der Waals surface area contributed by atoms with Crippen molar-refractivity contribution in [1.29, 1.82) is 0 Å². The van der Waals surface area contributed by atoms with Gasteiger partial charge in [-0.25, -0.2) is 14.8 Å². The lowest BCUT2D eigenvalue weighted by Gasteiger charge is -2.48. The Balaban J connectivity index is 1.30. The molecule has 170 valence electrons. The molecule has 0 unspecified atom stereocenters. The van der Waals surface area contributed by atoms with E-state index in [4.69, 9.17) is 0 Å². The minimum atomic E-state index is -0.192. The summed E-state index contributed by atoms with van der Waals surface area (Å²) in [6.07, 6.45) is 7.50. The normalized spacial score (nSPS) is 28.4. The van der Waals surface area contributed by atoms with Crippen LogP contribution in [0.25, 0.3) is 0 Å². The molecule has 3 heterocycles. The Kier molecular flexibility index (Phi) is 5.51. The summed E-state index contributed by atoms with van der Waals surface area (Å²) in [5, 5.41) is 6.66. The van der Waals surface area contributed by atoms with Crippen LogP contribution in [0.4, 0.5) is 16.4 Å². The van der Waals surface area contributed by atoms with Crippen LogP contribution in [0, 0.1) is 0 Å². The van der Waals surface area contributed by atoms with E-state index in [-0.39, 0.29) is 17.1 Å². The van der Waals surface area contributed by atoms with Crippen LogP contribution in [0.3, 0.4) is 0 Å². The number of piperazine rings is 1. The first-order valence-corrected chi connectivity index (χ1v) is 11.6. The fourth-order valence-electron chi connectivity index (χ4n) is 5.57. The number of urea groups is 1. The Morgan fingerprint density at radius 2 is 1.62 bits per heavy atom. The number of carbonyl (C=O) groups is 1. The number of nitrogens with zero attached hydrogens (tertiary/aromatic N) is 5. The first-order valence-electron chi connectivity index (χ1n) is 11.6. The Hall–Kier alpha value is -2.71. The third-order valence-corrected chi connectivity index (χ3v) is 7.62. The molecule has 3 aliphatic rings. The van der Waals surface area contributed by atoms with Gasteiger partial charge in [0.1, 0.15) is 0 Å². The van der Waals surface area contributed by atoms with Gasteiger partial charge in [0.25, 0.3) is 0 Å². The van der Waals surface area contributed by atoms with Crippen molar-refractivity contribution < 1.29 is 4.79 Å². The number of carbonyl (C=O) groups excluding carboxylic acids is 1. The highest BCUT2D eigenvalue weighted by molar-refractivity contribution is 5.95. The minimum absolute atomic E-state index is 0.0126. The highest BCUT2D eigenvalue weighted by Gasteiger charge is 2.50. The zero-order valence-electron chi connectivity index (χ0n) is 19.0. The molecule has 5 rings (SSSR count). The summed E-state index contributed by atoms with van der Waals surface area (Å²) in [6.45, 7) is 4.36. The molecular formula is C24H33N7O. The maximum absolute atomic E-state index is 12.9. The van der Waals surface area contributed by atoms with Crippen LogP contribution < -0.4 is 20.4 Å². The quantitative estimate of drug-likeness (QED) is 0.767. The predicted octanol–water partition coefficient (Wildman–Crippen LogP) is 2.19. The number of benzene rings is 1. The summed E-state index contributed by atoms with van der Waals surface area (Å²) in [4.78, 5) is 28.4. The summed E-state index contributed by atoms with van der Waals surface area (Å²) in [5.74, 6) is 0.737. The van der Waals surface area contributed by atoms with Crippen LogP contribution in [0.1, 0.15) is 31.2 Å². The van der Waals surface area contributed by atoms with Gasteiger partial charge in [-0.3, -0.25) is 9.80 Å². The highest BCUT2D eigenvalue weighted by Crippen LogP contribution is 2.46. The van der Waals surface area contributed by atoms with Crippen molar-refractivity contribution in [3.8, 4) is 0 Å². The van der Waals surface area contributed by atoms with Gasteiger partial charge in [-0.1, -0.05) is 30.3 Å². The lowest BCUT2D eigenvalue weighted by Crippen LogP contribution is -2.54. The molecule has 1 aliphatic carbocycles. The first kappa shape index (κ1) is 21.2. The van der Waals surface area contributed by atoms with Crippen molar-refractivity contribution >= 4 is 17.7 Å². The molecule has 0 bridgehead atoms. The number of hydrogen-bond donors (Lipinski definition) is 2. The van der Waals surface area contributed by atoms with Crippen LogP contribution in [0.5, 0.6) is 0 Å². The van der Waals surface area contributed by atoms with Gasteiger partial charge < -0.3 is 15.5 Å². The topological polar surface area (TPSA) is 76.6 Å². The second-order valence-electron chi connectivity index (χ2n) is 9.57. The van der Waals surface area contributed by atoms with Crippen LogP contribution in [-0.4, -0.2) is 73.3 Å². The van der Waals surface area contributed by atoms with E-state index in [1.807, 2.05) is 4.90 Å². The maximum Gasteiger partial charge on any atom is 0.322 e. The molecule has 2 aromatic rings. The molecule has 1 aromatic heterocycles. The van der Waals surface area contributed by atoms with Crippen molar-refractivity contribution in [1.82, 2.24) is 25.5 Å². The Bertz CT molecular complexity index is 933. The van der Waals surface area contributed by atoms with Gasteiger partial charge >= 0.3 is 6.03 Å². The molecule has 2 N–H and O–H groups in total. The van der Waals surface area contributed by atoms with Gasteiger partial charge in [0, 0.05) is 31.7 Å². The molecule has 2 saturated heterocycles. The monoisotopic (exact) mass is 435 g/mol. The van der Waals surface area contributed by atoms with E-state index in [9.17, 15) is 4.79 Å². The maximum atomic E-state index is 12.9. The fourth-order valence-corrected chi connectivity index (χ4v) is 5.57. The molecule has 8 heteroatoms. The van der Waals surface area contributed by atoms with Crippen LogP contribution in [0.2, 0.25) is 0 Å². The van der Waals surface area contributed by atoms with Crippen molar-refractivity contribution in [2.24, 2.45) is 0 Å². The van der Waals surface area contributed by atoms with Crippen molar-refractivity contribution in [3.05, 3.63) is 48.3 Å². The van der Waals surface area contributed by atoms with E-state index in [0.717, 1.165) is 63.5 Å². The molecule has 2 aliphatic heterocycles. The number of hydrogen-bond acceptors (Lipinski definition) is 6. The van der Waals surface area contributed by atoms with Crippen molar-refractivity contribution in [3.63, 3.8) is 0 Å². The Morgan fingerprint density at radius 3 is 2.25 bits per heavy atom. The summed E-state index contributed by atoms with van der Waals surface area (Å²) in [7, 11) is 4.34. The van der Waals surface area contributed by atoms with Gasteiger partial charge in [0.05, 0.1) is 30.2 Å². The third-order valence-electron chi connectivity index (χ3n) is 7.62. The summed E-state index contributed by atoms with van der Waals surface area (Å²) in [5.41, 5.74) is 1.95. The van der Waals surface area contributed by atoms with E-state index in [2.05, 4.69) is 74.8 Å². The van der Waals surface area contributed by atoms with Crippen LogP contribution >= 0.6 is 0 Å². The second-order valence-corrected chi connectivity index (χ2v) is 9.57. The number of nitrogens with one attached hydrogen (secondary N) is 2. The molecule has 32 heavy (non-hydrogen) atoms. The minimum Gasteiger partial charge on any atom is -0.338 e. The van der Waals surface area contributed by atoms with Crippen molar-refractivity contribution in [2.75, 3.05) is 56.6 Å². The zero-order valence-corrected chi connectivity index (χ0v) is 19.0. The molecule has 2 amide bonds. The standard InChI is InChI=1S/C24H33N7O/c1-29(2)24(19-6-4-3-5-7-19)10-8-23(9-11-24)18-31(22(32)28-23)20-16-26-21(27-17-20)30-14-12-25-13-15-30/h3-7,16-17,25H,8-15,18H2,1-2H3,(H,28,32)/t23-,24+. The summed E-state index contributed by atoms with van der Waals surface area (Å²) in [6, 6.07) is 10.7. The van der Waals surface area contributed by atoms with Crippen LogP contribution in [-0.2, 0) is 5.54 Å². The lowest BCUT2D eigenvalue weighted by molar-refractivity contribution is 0.0658. The van der Waals surface area contributed by atoms with E-state index in [0.29, 0.717) is 6.54 Å².